The monoisotopic (exact) mass is 293 g/mol. The van der Waals surface area contributed by atoms with Gasteiger partial charge in [-0.15, -0.1) is 0 Å². The highest BCUT2D eigenvalue weighted by Gasteiger charge is 2.32. The van der Waals surface area contributed by atoms with E-state index < -0.39 is 0 Å². The Kier molecular flexibility index (Phi) is 5.17. The first-order valence-corrected chi connectivity index (χ1v) is 9.02. The van der Waals surface area contributed by atoms with Gasteiger partial charge in [-0.3, -0.25) is 9.69 Å². The predicted octanol–water partition coefficient (Wildman–Crippen LogP) is 1.95. The van der Waals surface area contributed by atoms with Crippen molar-refractivity contribution < 1.29 is 4.79 Å². The van der Waals surface area contributed by atoms with Crippen LogP contribution in [0.15, 0.2) is 0 Å². The van der Waals surface area contributed by atoms with Crippen molar-refractivity contribution in [2.24, 2.45) is 0 Å². The molecule has 0 aliphatic carbocycles. The van der Waals surface area contributed by atoms with E-state index in [0.29, 0.717) is 5.91 Å². The van der Waals surface area contributed by atoms with Gasteiger partial charge in [-0.25, -0.2) is 0 Å². The lowest BCUT2D eigenvalue weighted by Gasteiger charge is -2.42. The summed E-state index contributed by atoms with van der Waals surface area (Å²) in [6, 6.07) is 0.862. The van der Waals surface area contributed by atoms with Crippen molar-refractivity contribution in [2.45, 2.75) is 64.0 Å². The molecule has 0 unspecified atom stereocenters. The molecule has 3 fully saturated rings. The van der Waals surface area contributed by atoms with E-state index in [1.807, 2.05) is 0 Å². The molecule has 3 rings (SSSR count). The van der Waals surface area contributed by atoms with Gasteiger partial charge < -0.3 is 9.80 Å². The van der Waals surface area contributed by atoms with Crippen molar-refractivity contribution in [1.82, 2.24) is 14.7 Å². The topological polar surface area (TPSA) is 26.8 Å². The standard InChI is InChI=1S/C17H31N3O/c1-15(17(21)20-11-5-6-12-20)18-13-7-16(8-14-18)19-9-3-2-4-10-19/h15-16H,2-14H2,1H3/t15-/m1/s1. The number of carbonyl (C=O) groups is 1. The summed E-state index contributed by atoms with van der Waals surface area (Å²) in [7, 11) is 0. The third kappa shape index (κ3) is 3.59. The molecule has 4 heteroatoms. The largest absolute Gasteiger partial charge is 0.341 e. The number of likely N-dealkylation sites (tertiary alicyclic amines) is 3. The SMILES string of the molecule is C[C@H](C(=O)N1CCCC1)N1CCC(N2CCCCC2)CC1. The van der Waals surface area contributed by atoms with Crippen molar-refractivity contribution in [1.29, 1.82) is 0 Å². The highest BCUT2D eigenvalue weighted by molar-refractivity contribution is 5.81. The molecule has 1 atom stereocenters. The molecule has 4 nitrogen and oxygen atoms in total. The summed E-state index contributed by atoms with van der Waals surface area (Å²) in [5, 5.41) is 0. The number of hydrogen-bond donors (Lipinski definition) is 0. The van der Waals surface area contributed by atoms with Gasteiger partial charge in [-0.1, -0.05) is 6.42 Å². The Morgan fingerprint density at radius 1 is 0.857 bits per heavy atom. The summed E-state index contributed by atoms with van der Waals surface area (Å²) in [6.45, 7) is 8.87. The van der Waals surface area contributed by atoms with Crippen LogP contribution in [0.3, 0.4) is 0 Å². The lowest BCUT2D eigenvalue weighted by atomic mass is 9.99. The van der Waals surface area contributed by atoms with Crippen LogP contribution in [0.4, 0.5) is 0 Å². The Labute approximate surface area is 129 Å². The first kappa shape index (κ1) is 15.3. The maximum Gasteiger partial charge on any atom is 0.239 e. The highest BCUT2D eigenvalue weighted by atomic mass is 16.2. The Morgan fingerprint density at radius 2 is 1.43 bits per heavy atom. The molecule has 0 saturated carbocycles. The van der Waals surface area contributed by atoms with E-state index in [0.717, 1.165) is 32.2 Å². The molecular formula is C17H31N3O. The summed E-state index contributed by atoms with van der Waals surface area (Å²) in [4.78, 5) is 19.7. The molecule has 0 bridgehead atoms. The first-order chi connectivity index (χ1) is 10.3. The third-order valence-corrected chi connectivity index (χ3v) is 5.73. The van der Waals surface area contributed by atoms with Crippen LogP contribution >= 0.6 is 0 Å². The molecule has 3 heterocycles. The van der Waals surface area contributed by atoms with Crippen LogP contribution in [0.5, 0.6) is 0 Å². The number of nitrogens with zero attached hydrogens (tertiary/aromatic N) is 3. The highest BCUT2D eigenvalue weighted by Crippen LogP contribution is 2.22. The molecule has 3 aliphatic heterocycles. The van der Waals surface area contributed by atoms with Gasteiger partial charge in [0.15, 0.2) is 0 Å². The van der Waals surface area contributed by atoms with Crippen LogP contribution in [0.2, 0.25) is 0 Å². The molecule has 0 aromatic carbocycles. The quantitative estimate of drug-likeness (QED) is 0.796. The maximum atomic E-state index is 12.5. The third-order valence-electron chi connectivity index (χ3n) is 5.73. The normalized spacial score (nSPS) is 28.0. The van der Waals surface area contributed by atoms with Gasteiger partial charge in [0.05, 0.1) is 6.04 Å². The summed E-state index contributed by atoms with van der Waals surface area (Å²) in [5.74, 6) is 0.365. The van der Waals surface area contributed by atoms with E-state index in [1.54, 1.807) is 0 Å². The number of rotatable bonds is 3. The van der Waals surface area contributed by atoms with Crippen molar-refractivity contribution >= 4 is 5.91 Å². The molecular weight excluding hydrogens is 262 g/mol. The van der Waals surface area contributed by atoms with E-state index in [9.17, 15) is 4.79 Å². The van der Waals surface area contributed by atoms with Crippen LogP contribution in [-0.2, 0) is 4.79 Å². The van der Waals surface area contributed by atoms with Crippen LogP contribution in [-0.4, -0.2) is 72.0 Å². The van der Waals surface area contributed by atoms with E-state index in [2.05, 4.69) is 21.6 Å². The van der Waals surface area contributed by atoms with Gasteiger partial charge in [-0.05, 0) is 58.5 Å². The van der Waals surface area contributed by atoms with Gasteiger partial charge in [0, 0.05) is 32.2 Å². The second-order valence-electron chi connectivity index (χ2n) is 7.07. The molecule has 0 radical (unpaired) electrons. The molecule has 0 N–H and O–H groups in total. The van der Waals surface area contributed by atoms with Crippen LogP contribution in [0, 0.1) is 0 Å². The fourth-order valence-electron chi connectivity index (χ4n) is 4.28. The maximum absolute atomic E-state index is 12.5. The summed E-state index contributed by atoms with van der Waals surface area (Å²) < 4.78 is 0. The van der Waals surface area contributed by atoms with E-state index >= 15 is 0 Å². The predicted molar refractivity (Wildman–Crippen MR) is 85.3 cm³/mol. The lowest BCUT2D eigenvalue weighted by Crippen LogP contribution is -2.52. The zero-order valence-corrected chi connectivity index (χ0v) is 13.6. The van der Waals surface area contributed by atoms with Crippen molar-refractivity contribution in [3.63, 3.8) is 0 Å². The van der Waals surface area contributed by atoms with Gasteiger partial charge in [0.25, 0.3) is 0 Å². The zero-order chi connectivity index (χ0) is 14.7. The molecule has 21 heavy (non-hydrogen) atoms. The number of carbonyl (C=O) groups excluding carboxylic acids is 1. The molecule has 0 aromatic heterocycles. The Hall–Kier alpha value is -0.610. The molecule has 0 aromatic rings. The van der Waals surface area contributed by atoms with E-state index in [-0.39, 0.29) is 6.04 Å². The number of amides is 1. The number of hydrogen-bond acceptors (Lipinski definition) is 3. The zero-order valence-electron chi connectivity index (χ0n) is 13.6. The van der Waals surface area contributed by atoms with Gasteiger partial charge in [-0.2, -0.15) is 0 Å². The van der Waals surface area contributed by atoms with Crippen molar-refractivity contribution in [2.75, 3.05) is 39.3 Å². The molecule has 3 saturated heterocycles. The van der Waals surface area contributed by atoms with Gasteiger partial charge in [0.1, 0.15) is 0 Å². The lowest BCUT2D eigenvalue weighted by molar-refractivity contribution is -0.136. The van der Waals surface area contributed by atoms with E-state index in [1.165, 1.54) is 58.0 Å². The smallest absolute Gasteiger partial charge is 0.239 e. The summed E-state index contributed by atoms with van der Waals surface area (Å²) in [6.07, 6.45) is 9.05. The minimum atomic E-state index is 0.0883. The second kappa shape index (κ2) is 7.10. The van der Waals surface area contributed by atoms with Crippen molar-refractivity contribution in [3.8, 4) is 0 Å². The molecule has 120 valence electrons. The minimum Gasteiger partial charge on any atom is -0.341 e. The van der Waals surface area contributed by atoms with E-state index in [4.69, 9.17) is 0 Å². The summed E-state index contributed by atoms with van der Waals surface area (Å²) >= 11 is 0. The van der Waals surface area contributed by atoms with Crippen molar-refractivity contribution in [3.05, 3.63) is 0 Å². The first-order valence-electron chi connectivity index (χ1n) is 9.02. The average molecular weight is 293 g/mol. The minimum absolute atomic E-state index is 0.0883. The molecule has 0 spiro atoms. The summed E-state index contributed by atoms with van der Waals surface area (Å²) in [5.41, 5.74) is 0. The Bertz CT molecular complexity index is 340. The van der Waals surface area contributed by atoms with Crippen LogP contribution in [0.25, 0.3) is 0 Å². The Balaban J connectivity index is 1.47. The second-order valence-corrected chi connectivity index (χ2v) is 7.07. The fraction of sp³-hybridized carbons (Fsp3) is 0.941. The Morgan fingerprint density at radius 3 is 2.05 bits per heavy atom. The fourth-order valence-corrected chi connectivity index (χ4v) is 4.28. The van der Waals surface area contributed by atoms with Crippen LogP contribution in [0.1, 0.15) is 51.9 Å². The number of piperidine rings is 2. The average Bonchev–Trinajstić information content (AvgIpc) is 3.09. The molecule has 1 amide bonds. The van der Waals surface area contributed by atoms with Gasteiger partial charge in [0.2, 0.25) is 5.91 Å². The van der Waals surface area contributed by atoms with Crippen LogP contribution < -0.4 is 0 Å². The van der Waals surface area contributed by atoms with Gasteiger partial charge >= 0.3 is 0 Å². The molecule has 3 aliphatic rings.